The summed E-state index contributed by atoms with van der Waals surface area (Å²) in [5.74, 6) is 0.868. The lowest BCUT2D eigenvalue weighted by molar-refractivity contribution is -0.130. The SMILES string of the molecule is CCCCN1C(=O)C(Cc2ccccc2)NC1CC(C)C. The number of rotatable bonds is 7. The molecule has 3 nitrogen and oxygen atoms in total. The predicted octanol–water partition coefficient (Wildman–Crippen LogP) is 3.20. The summed E-state index contributed by atoms with van der Waals surface area (Å²) in [6.07, 6.45) is 4.23. The summed E-state index contributed by atoms with van der Waals surface area (Å²) in [5.41, 5.74) is 1.23. The highest BCUT2D eigenvalue weighted by atomic mass is 16.2. The summed E-state index contributed by atoms with van der Waals surface area (Å²) in [6, 6.07) is 10.2. The summed E-state index contributed by atoms with van der Waals surface area (Å²) < 4.78 is 0. The van der Waals surface area contributed by atoms with Crippen molar-refractivity contribution in [3.05, 3.63) is 35.9 Å². The maximum absolute atomic E-state index is 12.7. The molecule has 0 aromatic heterocycles. The van der Waals surface area contributed by atoms with Crippen molar-refractivity contribution in [3.8, 4) is 0 Å². The summed E-state index contributed by atoms with van der Waals surface area (Å²) in [6.45, 7) is 7.49. The number of carbonyl (C=O) groups excluding carboxylic acids is 1. The number of benzene rings is 1. The van der Waals surface area contributed by atoms with Crippen LogP contribution in [0.1, 0.15) is 45.6 Å². The molecule has 1 amide bonds. The monoisotopic (exact) mass is 288 g/mol. The van der Waals surface area contributed by atoms with Gasteiger partial charge in [0, 0.05) is 6.54 Å². The lowest BCUT2D eigenvalue weighted by Crippen LogP contribution is -2.39. The van der Waals surface area contributed by atoms with Gasteiger partial charge in [0.2, 0.25) is 5.91 Å². The first-order valence-electron chi connectivity index (χ1n) is 8.22. The van der Waals surface area contributed by atoms with Gasteiger partial charge in [-0.25, -0.2) is 0 Å². The van der Waals surface area contributed by atoms with E-state index in [1.807, 2.05) is 18.2 Å². The molecule has 1 aliphatic rings. The molecule has 1 aromatic rings. The van der Waals surface area contributed by atoms with E-state index in [2.05, 4.69) is 43.1 Å². The topological polar surface area (TPSA) is 32.3 Å². The Morgan fingerprint density at radius 1 is 1.24 bits per heavy atom. The summed E-state index contributed by atoms with van der Waals surface area (Å²) in [5, 5.41) is 3.56. The Morgan fingerprint density at radius 2 is 1.95 bits per heavy atom. The minimum Gasteiger partial charge on any atom is -0.326 e. The fourth-order valence-corrected chi connectivity index (χ4v) is 2.98. The van der Waals surface area contributed by atoms with E-state index in [1.54, 1.807) is 0 Å². The van der Waals surface area contributed by atoms with Crippen molar-refractivity contribution in [2.75, 3.05) is 6.54 Å². The molecule has 0 aliphatic carbocycles. The first-order valence-corrected chi connectivity index (χ1v) is 8.22. The fraction of sp³-hybridized carbons (Fsp3) is 0.611. The molecule has 1 fully saturated rings. The largest absolute Gasteiger partial charge is 0.326 e. The molecule has 21 heavy (non-hydrogen) atoms. The van der Waals surface area contributed by atoms with Crippen molar-refractivity contribution in [2.24, 2.45) is 5.92 Å². The summed E-state index contributed by atoms with van der Waals surface area (Å²) in [4.78, 5) is 14.7. The number of unbranched alkanes of at least 4 members (excludes halogenated alkanes) is 1. The first-order chi connectivity index (χ1) is 10.1. The smallest absolute Gasteiger partial charge is 0.241 e. The second-order valence-corrected chi connectivity index (χ2v) is 6.44. The van der Waals surface area contributed by atoms with Crippen LogP contribution >= 0.6 is 0 Å². The molecule has 0 saturated carbocycles. The molecule has 0 radical (unpaired) electrons. The van der Waals surface area contributed by atoms with Crippen LogP contribution in [0.5, 0.6) is 0 Å². The molecule has 0 bridgehead atoms. The van der Waals surface area contributed by atoms with Gasteiger partial charge in [0.15, 0.2) is 0 Å². The van der Waals surface area contributed by atoms with E-state index in [9.17, 15) is 4.79 Å². The van der Waals surface area contributed by atoms with Gasteiger partial charge in [-0.15, -0.1) is 0 Å². The molecule has 1 N–H and O–H groups in total. The number of amides is 1. The Morgan fingerprint density at radius 3 is 2.57 bits per heavy atom. The van der Waals surface area contributed by atoms with Gasteiger partial charge >= 0.3 is 0 Å². The van der Waals surface area contributed by atoms with Gasteiger partial charge in [-0.1, -0.05) is 57.5 Å². The molecular formula is C18H28N2O. The van der Waals surface area contributed by atoms with E-state index >= 15 is 0 Å². The third-order valence-electron chi connectivity index (χ3n) is 4.08. The number of nitrogens with one attached hydrogen (secondary N) is 1. The molecule has 2 unspecified atom stereocenters. The number of carbonyl (C=O) groups is 1. The summed E-state index contributed by atoms with van der Waals surface area (Å²) in [7, 11) is 0. The highest BCUT2D eigenvalue weighted by Gasteiger charge is 2.38. The molecule has 0 spiro atoms. The van der Waals surface area contributed by atoms with Crippen molar-refractivity contribution < 1.29 is 4.79 Å². The van der Waals surface area contributed by atoms with Gasteiger partial charge in [-0.05, 0) is 30.7 Å². The van der Waals surface area contributed by atoms with Crippen LogP contribution in [-0.2, 0) is 11.2 Å². The minimum atomic E-state index is -0.0620. The van der Waals surface area contributed by atoms with Crippen LogP contribution in [0.15, 0.2) is 30.3 Å². The van der Waals surface area contributed by atoms with Crippen LogP contribution in [-0.4, -0.2) is 29.6 Å². The van der Waals surface area contributed by atoms with Gasteiger partial charge in [0.1, 0.15) is 0 Å². The van der Waals surface area contributed by atoms with Crippen molar-refractivity contribution in [1.29, 1.82) is 0 Å². The van der Waals surface area contributed by atoms with Crippen LogP contribution in [0.3, 0.4) is 0 Å². The molecule has 3 heteroatoms. The molecule has 2 atom stereocenters. The molecule has 1 aliphatic heterocycles. The van der Waals surface area contributed by atoms with E-state index in [-0.39, 0.29) is 18.1 Å². The maximum atomic E-state index is 12.7. The van der Waals surface area contributed by atoms with Crippen LogP contribution in [0.25, 0.3) is 0 Å². The predicted molar refractivity (Wildman–Crippen MR) is 86.9 cm³/mol. The first kappa shape index (κ1) is 16.0. The van der Waals surface area contributed by atoms with E-state index in [0.717, 1.165) is 32.2 Å². The zero-order valence-electron chi connectivity index (χ0n) is 13.5. The zero-order chi connectivity index (χ0) is 15.2. The van der Waals surface area contributed by atoms with Gasteiger partial charge in [0.25, 0.3) is 0 Å². The average molecular weight is 288 g/mol. The van der Waals surface area contributed by atoms with Gasteiger partial charge in [-0.2, -0.15) is 0 Å². The van der Waals surface area contributed by atoms with E-state index in [1.165, 1.54) is 5.56 Å². The van der Waals surface area contributed by atoms with E-state index < -0.39 is 0 Å². The molecule has 1 heterocycles. The number of nitrogens with zero attached hydrogens (tertiary/aromatic N) is 1. The Balaban J connectivity index is 2.04. The van der Waals surface area contributed by atoms with Gasteiger partial charge in [-0.3, -0.25) is 10.1 Å². The molecule has 1 aromatic carbocycles. The highest BCUT2D eigenvalue weighted by Crippen LogP contribution is 2.20. The standard InChI is InChI=1S/C18H28N2O/c1-4-5-11-20-17(12-14(2)3)19-16(18(20)21)13-15-9-7-6-8-10-15/h6-10,14,16-17,19H,4-5,11-13H2,1-3H3. The Hall–Kier alpha value is -1.35. The second-order valence-electron chi connectivity index (χ2n) is 6.44. The van der Waals surface area contributed by atoms with E-state index in [4.69, 9.17) is 0 Å². The van der Waals surface area contributed by atoms with Crippen LogP contribution < -0.4 is 5.32 Å². The molecular weight excluding hydrogens is 260 g/mol. The Labute approximate surface area is 128 Å². The average Bonchev–Trinajstić information content (AvgIpc) is 2.73. The molecule has 116 valence electrons. The zero-order valence-corrected chi connectivity index (χ0v) is 13.5. The van der Waals surface area contributed by atoms with Crippen molar-refractivity contribution in [2.45, 2.75) is 58.7 Å². The quantitative estimate of drug-likeness (QED) is 0.835. The van der Waals surface area contributed by atoms with Gasteiger partial charge in [0.05, 0.1) is 12.2 Å². The number of hydrogen-bond acceptors (Lipinski definition) is 2. The fourth-order valence-electron chi connectivity index (χ4n) is 2.98. The molecule has 1 saturated heterocycles. The Bertz CT molecular complexity index is 444. The maximum Gasteiger partial charge on any atom is 0.241 e. The van der Waals surface area contributed by atoms with Gasteiger partial charge < -0.3 is 4.90 Å². The van der Waals surface area contributed by atoms with Crippen molar-refractivity contribution >= 4 is 5.91 Å². The molecule has 2 rings (SSSR count). The lowest BCUT2D eigenvalue weighted by atomic mass is 10.1. The summed E-state index contributed by atoms with van der Waals surface area (Å²) >= 11 is 0. The second kappa shape index (κ2) is 7.60. The van der Waals surface area contributed by atoms with Crippen molar-refractivity contribution in [3.63, 3.8) is 0 Å². The minimum absolute atomic E-state index is 0.0620. The normalized spacial score (nSPS) is 22.3. The third kappa shape index (κ3) is 4.31. The number of hydrogen-bond donors (Lipinski definition) is 1. The highest BCUT2D eigenvalue weighted by molar-refractivity contribution is 5.84. The van der Waals surface area contributed by atoms with Crippen LogP contribution in [0.4, 0.5) is 0 Å². The lowest BCUT2D eigenvalue weighted by Gasteiger charge is -2.25. The van der Waals surface area contributed by atoms with E-state index in [0.29, 0.717) is 5.92 Å². The van der Waals surface area contributed by atoms with Crippen LogP contribution in [0.2, 0.25) is 0 Å². The van der Waals surface area contributed by atoms with Crippen molar-refractivity contribution in [1.82, 2.24) is 10.2 Å². The Kier molecular flexibility index (Phi) is 5.80. The van der Waals surface area contributed by atoms with Crippen LogP contribution in [0, 0.1) is 5.92 Å². The third-order valence-corrected chi connectivity index (χ3v) is 4.08.